The highest BCUT2D eigenvalue weighted by molar-refractivity contribution is 5.76. The third-order valence-electron chi connectivity index (χ3n) is 3.78. The number of carbonyl (C=O) groups excluding carboxylic acids is 2. The van der Waals surface area contributed by atoms with E-state index < -0.39 is 0 Å². The molecule has 0 spiro atoms. The van der Waals surface area contributed by atoms with Crippen molar-refractivity contribution in [3.8, 4) is 0 Å². The molecule has 2 amide bonds. The lowest BCUT2D eigenvalue weighted by atomic mass is 9.79. The van der Waals surface area contributed by atoms with E-state index in [1.165, 1.54) is 39.0 Å². The van der Waals surface area contributed by atoms with E-state index in [1.54, 1.807) is 0 Å². The Bertz CT molecular complexity index is 273. The Kier molecular flexibility index (Phi) is 6.76. The molecule has 0 heterocycles. The van der Waals surface area contributed by atoms with Gasteiger partial charge in [-0.1, -0.05) is 39.0 Å². The first kappa shape index (κ1) is 15.0. The van der Waals surface area contributed by atoms with Crippen molar-refractivity contribution in [1.29, 1.82) is 0 Å². The molecular weight excluding hydrogens is 228 g/mol. The lowest BCUT2D eigenvalue weighted by Crippen LogP contribution is -2.34. The summed E-state index contributed by atoms with van der Waals surface area (Å²) in [5.41, 5.74) is 0. The van der Waals surface area contributed by atoms with Gasteiger partial charge < -0.3 is 10.6 Å². The molecule has 0 aromatic rings. The van der Waals surface area contributed by atoms with Gasteiger partial charge in [0.05, 0.1) is 0 Å². The van der Waals surface area contributed by atoms with Crippen LogP contribution in [0.25, 0.3) is 0 Å². The molecule has 4 heteroatoms. The lowest BCUT2D eigenvalue weighted by molar-refractivity contribution is -0.123. The minimum absolute atomic E-state index is 0.0557. The maximum absolute atomic E-state index is 11.7. The minimum Gasteiger partial charge on any atom is -0.355 e. The van der Waals surface area contributed by atoms with Crippen molar-refractivity contribution in [3.63, 3.8) is 0 Å². The first-order valence-corrected chi connectivity index (χ1v) is 7.10. The van der Waals surface area contributed by atoms with E-state index in [0.717, 1.165) is 5.92 Å². The average molecular weight is 254 g/mol. The summed E-state index contributed by atoms with van der Waals surface area (Å²) < 4.78 is 0. The Hall–Kier alpha value is -1.06. The molecule has 18 heavy (non-hydrogen) atoms. The van der Waals surface area contributed by atoms with E-state index in [4.69, 9.17) is 0 Å². The van der Waals surface area contributed by atoms with Crippen LogP contribution in [-0.4, -0.2) is 24.9 Å². The van der Waals surface area contributed by atoms with Crippen molar-refractivity contribution < 1.29 is 9.59 Å². The van der Waals surface area contributed by atoms with Gasteiger partial charge in [-0.3, -0.25) is 9.59 Å². The summed E-state index contributed by atoms with van der Waals surface area (Å²) in [4.78, 5) is 22.4. The summed E-state index contributed by atoms with van der Waals surface area (Å²) in [5.74, 6) is 1.25. The molecule has 1 aliphatic carbocycles. The number of hydrogen-bond acceptors (Lipinski definition) is 2. The van der Waals surface area contributed by atoms with Gasteiger partial charge in [0.15, 0.2) is 0 Å². The number of hydrogen-bond donors (Lipinski definition) is 2. The molecule has 104 valence electrons. The highest BCUT2D eigenvalue weighted by atomic mass is 16.2. The standard InChI is InChI=1S/C14H26N2O2/c1-11(13-6-4-3-5-7-13)10-14(18)16-9-8-15-12(2)17/h11,13H,3-10H2,1-2H3,(H,15,17)(H,16,18)/t11-/m0/s1. The number of rotatable bonds is 6. The number of carbonyl (C=O) groups is 2. The summed E-state index contributed by atoms with van der Waals surface area (Å²) in [6.07, 6.45) is 7.16. The van der Waals surface area contributed by atoms with Crippen LogP contribution in [0, 0.1) is 11.8 Å². The molecule has 0 saturated heterocycles. The Labute approximate surface area is 110 Å². The Balaban J connectivity index is 2.12. The van der Waals surface area contributed by atoms with E-state index in [9.17, 15) is 9.59 Å². The molecule has 2 N–H and O–H groups in total. The van der Waals surface area contributed by atoms with Gasteiger partial charge in [-0.05, 0) is 11.8 Å². The van der Waals surface area contributed by atoms with E-state index >= 15 is 0 Å². The highest BCUT2D eigenvalue weighted by Gasteiger charge is 2.21. The second kappa shape index (κ2) is 8.11. The fourth-order valence-electron chi connectivity index (χ4n) is 2.67. The predicted octanol–water partition coefficient (Wildman–Crippen LogP) is 1.85. The SMILES string of the molecule is CC(=O)NCCNC(=O)C[C@H](C)C1CCCCC1. The zero-order valence-corrected chi connectivity index (χ0v) is 11.6. The summed E-state index contributed by atoms with van der Waals surface area (Å²) >= 11 is 0. The second-order valence-electron chi connectivity index (χ2n) is 5.41. The van der Waals surface area contributed by atoms with Gasteiger partial charge in [0, 0.05) is 26.4 Å². The third-order valence-corrected chi connectivity index (χ3v) is 3.78. The first-order chi connectivity index (χ1) is 8.59. The Morgan fingerprint density at radius 1 is 1.11 bits per heavy atom. The van der Waals surface area contributed by atoms with Crippen LogP contribution in [0.15, 0.2) is 0 Å². The highest BCUT2D eigenvalue weighted by Crippen LogP contribution is 2.31. The van der Waals surface area contributed by atoms with Crippen LogP contribution in [0.4, 0.5) is 0 Å². The van der Waals surface area contributed by atoms with Gasteiger partial charge in [-0.2, -0.15) is 0 Å². The molecule has 0 aromatic heterocycles. The van der Waals surface area contributed by atoms with Crippen LogP contribution < -0.4 is 10.6 Å². The van der Waals surface area contributed by atoms with Crippen molar-refractivity contribution in [2.75, 3.05) is 13.1 Å². The molecule has 0 aromatic carbocycles. The average Bonchev–Trinajstić information content (AvgIpc) is 2.35. The van der Waals surface area contributed by atoms with E-state index in [1.807, 2.05) is 0 Å². The molecule has 1 atom stereocenters. The molecule has 1 saturated carbocycles. The first-order valence-electron chi connectivity index (χ1n) is 7.10. The third kappa shape index (κ3) is 6.03. The molecule has 0 bridgehead atoms. The largest absolute Gasteiger partial charge is 0.355 e. The van der Waals surface area contributed by atoms with Crippen LogP contribution in [0.3, 0.4) is 0 Å². The van der Waals surface area contributed by atoms with Crippen molar-refractivity contribution >= 4 is 11.8 Å². The van der Waals surface area contributed by atoms with Gasteiger partial charge in [0.1, 0.15) is 0 Å². The molecule has 0 unspecified atom stereocenters. The van der Waals surface area contributed by atoms with Gasteiger partial charge in [0.25, 0.3) is 0 Å². The molecule has 4 nitrogen and oxygen atoms in total. The normalized spacial score (nSPS) is 18.1. The molecule has 1 fully saturated rings. The van der Waals surface area contributed by atoms with E-state index in [0.29, 0.717) is 25.4 Å². The predicted molar refractivity (Wildman–Crippen MR) is 72.0 cm³/mol. The van der Waals surface area contributed by atoms with E-state index in [2.05, 4.69) is 17.6 Å². The number of nitrogens with one attached hydrogen (secondary N) is 2. The van der Waals surface area contributed by atoms with Crippen molar-refractivity contribution in [2.24, 2.45) is 11.8 Å². The molecule has 1 rings (SSSR count). The van der Waals surface area contributed by atoms with Gasteiger partial charge >= 0.3 is 0 Å². The van der Waals surface area contributed by atoms with Gasteiger partial charge in [-0.25, -0.2) is 0 Å². The summed E-state index contributed by atoms with van der Waals surface area (Å²) in [5, 5.41) is 5.52. The Morgan fingerprint density at radius 2 is 1.72 bits per heavy atom. The number of amides is 2. The molecular formula is C14H26N2O2. The quantitative estimate of drug-likeness (QED) is 0.711. The zero-order valence-electron chi connectivity index (χ0n) is 11.6. The van der Waals surface area contributed by atoms with Gasteiger partial charge in [-0.15, -0.1) is 0 Å². The Morgan fingerprint density at radius 3 is 2.33 bits per heavy atom. The molecule has 0 radical (unpaired) electrons. The minimum atomic E-state index is -0.0557. The van der Waals surface area contributed by atoms with Crippen LogP contribution in [0.2, 0.25) is 0 Å². The van der Waals surface area contributed by atoms with Crippen LogP contribution >= 0.6 is 0 Å². The zero-order chi connectivity index (χ0) is 13.4. The van der Waals surface area contributed by atoms with Crippen molar-refractivity contribution in [3.05, 3.63) is 0 Å². The van der Waals surface area contributed by atoms with Crippen molar-refractivity contribution in [1.82, 2.24) is 10.6 Å². The fraction of sp³-hybridized carbons (Fsp3) is 0.857. The summed E-state index contributed by atoms with van der Waals surface area (Å²) in [6, 6.07) is 0. The van der Waals surface area contributed by atoms with E-state index in [-0.39, 0.29) is 11.8 Å². The summed E-state index contributed by atoms with van der Waals surface area (Å²) in [7, 11) is 0. The van der Waals surface area contributed by atoms with Crippen LogP contribution in [0.1, 0.15) is 52.4 Å². The molecule has 0 aliphatic heterocycles. The van der Waals surface area contributed by atoms with Gasteiger partial charge in [0.2, 0.25) is 11.8 Å². The maximum Gasteiger partial charge on any atom is 0.220 e. The lowest BCUT2D eigenvalue weighted by Gasteiger charge is -2.27. The topological polar surface area (TPSA) is 58.2 Å². The monoisotopic (exact) mass is 254 g/mol. The summed E-state index contributed by atoms with van der Waals surface area (Å²) in [6.45, 7) is 4.70. The smallest absolute Gasteiger partial charge is 0.220 e. The molecule has 1 aliphatic rings. The fourth-order valence-corrected chi connectivity index (χ4v) is 2.67. The van der Waals surface area contributed by atoms with Crippen LogP contribution in [0.5, 0.6) is 0 Å². The van der Waals surface area contributed by atoms with Crippen molar-refractivity contribution in [2.45, 2.75) is 52.4 Å². The van der Waals surface area contributed by atoms with Crippen LogP contribution in [-0.2, 0) is 9.59 Å². The maximum atomic E-state index is 11.7. The second-order valence-corrected chi connectivity index (χ2v) is 5.41.